The second-order valence-electron chi connectivity index (χ2n) is 10.3. The molecule has 2 amide bonds. The monoisotopic (exact) mass is 499 g/mol. The van der Waals surface area contributed by atoms with E-state index in [1.54, 1.807) is 16.9 Å². The van der Waals surface area contributed by atoms with Crippen LogP contribution in [0.1, 0.15) is 33.6 Å². The number of likely N-dealkylation sites (N-methyl/N-ethyl adjacent to an activating group) is 1. The second-order valence-corrected chi connectivity index (χ2v) is 10.3. The van der Waals surface area contributed by atoms with Crippen molar-refractivity contribution in [3.05, 3.63) is 54.1 Å². The third-order valence-electron chi connectivity index (χ3n) is 8.04. The van der Waals surface area contributed by atoms with Gasteiger partial charge in [-0.05, 0) is 43.7 Å². The van der Waals surface area contributed by atoms with Crippen LogP contribution < -0.4 is 0 Å². The number of nitrogens with zero attached hydrogens (tertiary/aromatic N) is 6. The van der Waals surface area contributed by atoms with Crippen LogP contribution in [0.25, 0.3) is 27.7 Å². The van der Waals surface area contributed by atoms with Crippen LogP contribution in [0.2, 0.25) is 0 Å². The van der Waals surface area contributed by atoms with Gasteiger partial charge in [-0.3, -0.25) is 9.59 Å². The van der Waals surface area contributed by atoms with Crippen LogP contribution in [0.15, 0.2) is 43.0 Å². The SMILES string of the molecule is CN1CC2CCC(C1)N2C(=O)c1cnc2[nH]cc(-c3ccn4ncc(C(=O)N5CCOCC5)c4c3)c2c1. The van der Waals surface area contributed by atoms with Crippen molar-refractivity contribution in [2.24, 2.45) is 0 Å². The first-order chi connectivity index (χ1) is 18.1. The molecule has 3 aliphatic rings. The maximum atomic E-state index is 13.6. The zero-order chi connectivity index (χ0) is 25.1. The highest BCUT2D eigenvalue weighted by Gasteiger charge is 2.41. The standard InChI is InChI=1S/C27H29N7O3/c1-31-15-19-2-3-20(16-31)34(19)26(35)18-10-21-22(13-29-25(21)28-12-18)17-4-5-33-24(11-17)23(14-30-33)27(36)32-6-8-37-9-7-32/h4-5,10-14,19-20H,2-3,6-9,15-16H2,1H3,(H,28,29). The van der Waals surface area contributed by atoms with Crippen LogP contribution in [-0.2, 0) is 4.74 Å². The van der Waals surface area contributed by atoms with Crippen LogP contribution in [-0.4, -0.2) is 105 Å². The second kappa shape index (κ2) is 8.67. The fraction of sp³-hybridized carbons (Fsp3) is 0.407. The number of pyridine rings is 2. The van der Waals surface area contributed by atoms with E-state index >= 15 is 0 Å². The fourth-order valence-corrected chi connectivity index (χ4v) is 6.20. The molecule has 0 aliphatic carbocycles. The highest BCUT2D eigenvalue weighted by atomic mass is 16.5. The van der Waals surface area contributed by atoms with Gasteiger partial charge in [0.1, 0.15) is 5.65 Å². The molecule has 2 unspecified atom stereocenters. The van der Waals surface area contributed by atoms with E-state index in [0.717, 1.165) is 53.6 Å². The molecule has 3 fully saturated rings. The Morgan fingerprint density at radius 3 is 2.62 bits per heavy atom. The molecule has 2 atom stereocenters. The Balaban J connectivity index is 1.24. The Kier molecular flexibility index (Phi) is 5.26. The van der Waals surface area contributed by atoms with E-state index in [9.17, 15) is 9.59 Å². The molecular weight excluding hydrogens is 470 g/mol. The molecule has 37 heavy (non-hydrogen) atoms. The molecule has 3 saturated heterocycles. The summed E-state index contributed by atoms with van der Waals surface area (Å²) in [5, 5.41) is 5.28. The third-order valence-corrected chi connectivity index (χ3v) is 8.04. The van der Waals surface area contributed by atoms with Crippen molar-refractivity contribution in [3.8, 4) is 11.1 Å². The first-order valence-electron chi connectivity index (χ1n) is 12.9. The number of H-pyrrole nitrogens is 1. The minimum atomic E-state index is -0.0364. The molecule has 4 aromatic heterocycles. The van der Waals surface area contributed by atoms with E-state index in [-0.39, 0.29) is 23.9 Å². The van der Waals surface area contributed by atoms with Gasteiger partial charge in [0, 0.05) is 67.8 Å². The Morgan fingerprint density at radius 1 is 1.05 bits per heavy atom. The van der Waals surface area contributed by atoms with E-state index < -0.39 is 0 Å². The van der Waals surface area contributed by atoms with Gasteiger partial charge in [0.2, 0.25) is 0 Å². The summed E-state index contributed by atoms with van der Waals surface area (Å²) in [6, 6.07) is 6.45. The van der Waals surface area contributed by atoms with E-state index in [4.69, 9.17) is 4.74 Å². The van der Waals surface area contributed by atoms with E-state index in [2.05, 4.69) is 31.9 Å². The summed E-state index contributed by atoms with van der Waals surface area (Å²) in [6.07, 6.45) is 9.21. The largest absolute Gasteiger partial charge is 0.378 e. The maximum absolute atomic E-state index is 13.6. The summed E-state index contributed by atoms with van der Waals surface area (Å²) < 4.78 is 7.12. The van der Waals surface area contributed by atoms with Gasteiger partial charge in [-0.1, -0.05) is 0 Å². The van der Waals surface area contributed by atoms with Crippen molar-refractivity contribution in [1.82, 2.24) is 34.3 Å². The number of carbonyl (C=O) groups is 2. The topological polar surface area (TPSA) is 99.1 Å². The van der Waals surface area contributed by atoms with Gasteiger partial charge in [0.05, 0.1) is 36.1 Å². The molecule has 0 radical (unpaired) electrons. The first kappa shape index (κ1) is 22.4. The van der Waals surface area contributed by atoms with Crippen LogP contribution in [0.5, 0.6) is 0 Å². The molecule has 0 saturated carbocycles. The number of hydrogen-bond donors (Lipinski definition) is 1. The van der Waals surface area contributed by atoms with Crippen LogP contribution >= 0.6 is 0 Å². The number of fused-ring (bicyclic) bond motifs is 4. The van der Waals surface area contributed by atoms with E-state index in [1.165, 1.54) is 0 Å². The number of amides is 2. The lowest BCUT2D eigenvalue weighted by molar-refractivity contribution is 0.0304. The van der Waals surface area contributed by atoms with Crippen molar-refractivity contribution < 1.29 is 14.3 Å². The molecule has 0 aromatic carbocycles. The molecule has 3 aliphatic heterocycles. The molecule has 1 N–H and O–H groups in total. The molecule has 7 rings (SSSR count). The van der Waals surface area contributed by atoms with Crippen LogP contribution in [0.3, 0.4) is 0 Å². The molecular formula is C27H29N7O3. The zero-order valence-electron chi connectivity index (χ0n) is 20.8. The summed E-state index contributed by atoms with van der Waals surface area (Å²) in [4.78, 5) is 40.8. The number of carbonyl (C=O) groups excluding carboxylic acids is 2. The molecule has 10 nitrogen and oxygen atoms in total. The van der Waals surface area contributed by atoms with Gasteiger partial charge in [-0.15, -0.1) is 0 Å². The number of aromatic nitrogens is 4. The van der Waals surface area contributed by atoms with Gasteiger partial charge in [0.25, 0.3) is 11.8 Å². The Labute approximate surface area is 213 Å². The van der Waals surface area contributed by atoms with Crippen molar-refractivity contribution in [2.75, 3.05) is 46.4 Å². The number of morpholine rings is 1. The van der Waals surface area contributed by atoms with Crippen LogP contribution in [0.4, 0.5) is 0 Å². The Morgan fingerprint density at radius 2 is 1.84 bits per heavy atom. The highest BCUT2D eigenvalue weighted by molar-refractivity contribution is 6.03. The summed E-state index contributed by atoms with van der Waals surface area (Å²) in [6.45, 7) is 4.10. The fourth-order valence-electron chi connectivity index (χ4n) is 6.20. The van der Waals surface area contributed by atoms with E-state index in [1.807, 2.05) is 35.5 Å². The highest BCUT2D eigenvalue weighted by Crippen LogP contribution is 2.33. The number of rotatable bonds is 3. The molecule has 0 spiro atoms. The third kappa shape index (κ3) is 3.70. The van der Waals surface area contributed by atoms with Crippen LogP contribution in [0, 0.1) is 0 Å². The summed E-state index contributed by atoms with van der Waals surface area (Å²) in [7, 11) is 2.13. The van der Waals surface area contributed by atoms with Gasteiger partial charge >= 0.3 is 0 Å². The van der Waals surface area contributed by atoms with Crippen molar-refractivity contribution >= 4 is 28.4 Å². The predicted octanol–water partition coefficient (Wildman–Crippen LogP) is 2.27. The average molecular weight is 500 g/mol. The lowest BCUT2D eigenvalue weighted by Crippen LogP contribution is -2.54. The first-order valence-corrected chi connectivity index (χ1v) is 12.9. The number of piperazine rings is 1. The maximum Gasteiger partial charge on any atom is 0.257 e. The van der Waals surface area contributed by atoms with Gasteiger partial charge in [-0.2, -0.15) is 5.10 Å². The molecule has 190 valence electrons. The predicted molar refractivity (Wildman–Crippen MR) is 137 cm³/mol. The normalized spacial score (nSPS) is 22.3. The average Bonchev–Trinajstić information content (AvgIpc) is 3.61. The van der Waals surface area contributed by atoms with E-state index in [0.29, 0.717) is 37.4 Å². The van der Waals surface area contributed by atoms with Crippen molar-refractivity contribution in [2.45, 2.75) is 24.9 Å². The van der Waals surface area contributed by atoms with Crippen molar-refractivity contribution in [3.63, 3.8) is 0 Å². The van der Waals surface area contributed by atoms with Gasteiger partial charge in [-0.25, -0.2) is 9.50 Å². The minimum absolute atomic E-state index is 0.0364. The summed E-state index contributed by atoms with van der Waals surface area (Å²) in [5.41, 5.74) is 4.53. The molecule has 2 bridgehead atoms. The molecule has 7 heterocycles. The molecule has 10 heteroatoms. The Hall–Kier alpha value is -3.76. The quantitative estimate of drug-likeness (QED) is 0.464. The Bertz CT molecular complexity index is 1510. The number of aromatic amines is 1. The summed E-state index contributed by atoms with van der Waals surface area (Å²) >= 11 is 0. The van der Waals surface area contributed by atoms with Gasteiger partial charge < -0.3 is 24.4 Å². The zero-order valence-corrected chi connectivity index (χ0v) is 20.8. The summed E-state index contributed by atoms with van der Waals surface area (Å²) in [5.74, 6) is 0.0255. The number of hydrogen-bond acceptors (Lipinski definition) is 6. The molecule has 4 aromatic rings. The minimum Gasteiger partial charge on any atom is -0.378 e. The number of nitrogens with one attached hydrogen (secondary N) is 1. The lowest BCUT2D eigenvalue weighted by atomic mass is 10.0. The smallest absolute Gasteiger partial charge is 0.257 e. The number of ether oxygens (including phenoxy) is 1. The lowest BCUT2D eigenvalue weighted by Gasteiger charge is -2.39. The number of likely N-dealkylation sites (tertiary alicyclic amines) is 1. The van der Waals surface area contributed by atoms with Crippen molar-refractivity contribution in [1.29, 1.82) is 0 Å². The van der Waals surface area contributed by atoms with Gasteiger partial charge in [0.15, 0.2) is 0 Å².